The Bertz CT molecular complexity index is 1940. The van der Waals surface area contributed by atoms with Crippen LogP contribution in [0.1, 0.15) is 17.0 Å². The standard InChI is InChI=1S/C29H24N4O4S3/c1-20-11-15-22(16-12-20)39(34,35)32-26-9-5-3-7-24(26)30-28(32)19-38-29-31-25-8-4-6-10-27(25)33(29)40(36,37)23-17-13-21(2)14-18-23/h3-18H,19H2,1-2H3. The van der Waals surface area contributed by atoms with Crippen LogP contribution in [0.3, 0.4) is 0 Å². The summed E-state index contributed by atoms with van der Waals surface area (Å²) in [6.45, 7) is 3.78. The van der Waals surface area contributed by atoms with E-state index in [-0.39, 0.29) is 26.5 Å². The number of benzene rings is 4. The third-order valence-electron chi connectivity index (χ3n) is 6.52. The maximum atomic E-state index is 13.8. The predicted molar refractivity (Wildman–Crippen MR) is 157 cm³/mol. The topological polar surface area (TPSA) is 104 Å². The number of aryl methyl sites for hydroxylation is 2. The summed E-state index contributed by atoms with van der Waals surface area (Å²) in [5.41, 5.74) is 3.80. The number of hydrogen-bond acceptors (Lipinski definition) is 7. The molecule has 0 atom stereocenters. The third kappa shape index (κ3) is 4.49. The van der Waals surface area contributed by atoms with Crippen molar-refractivity contribution in [1.82, 2.24) is 17.9 Å². The Kier molecular flexibility index (Phi) is 6.52. The molecule has 0 spiro atoms. The van der Waals surface area contributed by atoms with Crippen LogP contribution in [0.5, 0.6) is 0 Å². The van der Waals surface area contributed by atoms with Gasteiger partial charge < -0.3 is 0 Å². The highest BCUT2D eigenvalue weighted by Gasteiger charge is 2.27. The Morgan fingerprint density at radius 3 is 1.60 bits per heavy atom. The molecule has 0 amide bonds. The summed E-state index contributed by atoms with van der Waals surface area (Å²) in [6.07, 6.45) is 0. The number of para-hydroxylation sites is 4. The van der Waals surface area contributed by atoms with Crippen molar-refractivity contribution in [3.8, 4) is 0 Å². The van der Waals surface area contributed by atoms with E-state index < -0.39 is 20.0 Å². The average molecular weight is 589 g/mol. The van der Waals surface area contributed by atoms with Gasteiger partial charge in [0, 0.05) is 0 Å². The number of nitrogens with zero attached hydrogens (tertiary/aromatic N) is 4. The number of imidazole rings is 2. The first-order valence-corrected chi connectivity index (χ1v) is 16.2. The lowest BCUT2D eigenvalue weighted by atomic mass is 10.2. The Morgan fingerprint density at radius 2 is 1.05 bits per heavy atom. The van der Waals surface area contributed by atoms with Crippen LogP contribution in [0.15, 0.2) is 112 Å². The van der Waals surface area contributed by atoms with Crippen LogP contribution >= 0.6 is 11.8 Å². The summed E-state index contributed by atoms with van der Waals surface area (Å²) < 4.78 is 57.8. The summed E-state index contributed by atoms with van der Waals surface area (Å²) in [6, 6.07) is 27.3. The van der Waals surface area contributed by atoms with E-state index in [1.807, 2.05) is 13.8 Å². The summed E-state index contributed by atoms with van der Waals surface area (Å²) in [5, 5.41) is 0.216. The molecule has 0 N–H and O–H groups in total. The van der Waals surface area contributed by atoms with Gasteiger partial charge >= 0.3 is 0 Å². The molecule has 40 heavy (non-hydrogen) atoms. The van der Waals surface area contributed by atoms with E-state index in [1.54, 1.807) is 97.1 Å². The monoisotopic (exact) mass is 588 g/mol. The molecule has 6 aromatic rings. The Balaban J connectivity index is 1.47. The second-order valence-corrected chi connectivity index (χ2v) is 13.9. The molecule has 4 aromatic carbocycles. The van der Waals surface area contributed by atoms with Gasteiger partial charge in [-0.25, -0.2) is 34.7 Å². The number of fused-ring (bicyclic) bond motifs is 2. The van der Waals surface area contributed by atoms with E-state index in [9.17, 15) is 16.8 Å². The van der Waals surface area contributed by atoms with Gasteiger partial charge in [-0.15, -0.1) is 0 Å². The molecule has 8 nitrogen and oxygen atoms in total. The normalized spacial score (nSPS) is 12.3. The van der Waals surface area contributed by atoms with Crippen molar-refractivity contribution in [2.45, 2.75) is 34.5 Å². The first-order valence-electron chi connectivity index (χ1n) is 12.4. The van der Waals surface area contributed by atoms with E-state index in [0.717, 1.165) is 22.9 Å². The molecule has 6 rings (SSSR count). The number of rotatable bonds is 7. The molecule has 11 heteroatoms. The van der Waals surface area contributed by atoms with E-state index in [1.165, 1.54) is 7.94 Å². The maximum absolute atomic E-state index is 13.8. The number of aromatic nitrogens is 4. The molecule has 0 aliphatic rings. The SMILES string of the molecule is Cc1ccc(S(=O)(=O)n2c(CSc3nc4ccccc4n3S(=O)(=O)c3ccc(C)cc3)nc3ccccc32)cc1. The van der Waals surface area contributed by atoms with Gasteiger partial charge in [0.05, 0.1) is 37.6 Å². The van der Waals surface area contributed by atoms with Crippen LogP contribution in [0.2, 0.25) is 0 Å². The maximum Gasteiger partial charge on any atom is 0.270 e. The minimum Gasteiger partial charge on any atom is -0.231 e. The minimum absolute atomic E-state index is 0.0620. The second kappa shape index (κ2) is 9.92. The fourth-order valence-corrected chi connectivity index (χ4v) is 8.68. The highest BCUT2D eigenvalue weighted by molar-refractivity contribution is 7.99. The number of thioether (sulfide) groups is 1. The van der Waals surface area contributed by atoms with Crippen LogP contribution in [-0.2, 0) is 25.8 Å². The molecule has 0 unspecified atom stereocenters. The molecule has 0 aliphatic carbocycles. The molecule has 0 aliphatic heterocycles. The zero-order valence-corrected chi connectivity index (χ0v) is 24.0. The van der Waals surface area contributed by atoms with Crippen molar-refractivity contribution in [2.24, 2.45) is 0 Å². The van der Waals surface area contributed by atoms with Crippen LogP contribution in [0, 0.1) is 13.8 Å². The van der Waals surface area contributed by atoms with Gasteiger partial charge in [0.15, 0.2) is 5.16 Å². The highest BCUT2D eigenvalue weighted by atomic mass is 32.2. The second-order valence-electron chi connectivity index (χ2n) is 9.35. The van der Waals surface area contributed by atoms with Crippen LogP contribution in [0.4, 0.5) is 0 Å². The molecule has 0 fully saturated rings. The summed E-state index contributed by atoms with van der Waals surface area (Å²) in [4.78, 5) is 9.52. The lowest BCUT2D eigenvalue weighted by Gasteiger charge is -2.12. The lowest BCUT2D eigenvalue weighted by Crippen LogP contribution is -2.16. The molecule has 0 saturated heterocycles. The predicted octanol–water partition coefficient (Wildman–Crippen LogP) is 5.77. The third-order valence-corrected chi connectivity index (χ3v) is 11.0. The molecule has 0 bridgehead atoms. The van der Waals surface area contributed by atoms with Crippen molar-refractivity contribution in [3.05, 3.63) is 114 Å². The van der Waals surface area contributed by atoms with Gasteiger partial charge in [-0.05, 0) is 62.4 Å². The van der Waals surface area contributed by atoms with Crippen LogP contribution in [0.25, 0.3) is 22.1 Å². The van der Waals surface area contributed by atoms with Gasteiger partial charge in [0.1, 0.15) is 5.82 Å². The van der Waals surface area contributed by atoms with Crippen molar-refractivity contribution in [2.75, 3.05) is 0 Å². The largest absolute Gasteiger partial charge is 0.270 e. The first kappa shape index (κ1) is 26.3. The quantitative estimate of drug-likeness (QED) is 0.218. The molecule has 2 heterocycles. The van der Waals surface area contributed by atoms with Crippen molar-refractivity contribution < 1.29 is 16.8 Å². The first-order chi connectivity index (χ1) is 19.2. The highest BCUT2D eigenvalue weighted by Crippen LogP contribution is 2.32. The van der Waals surface area contributed by atoms with E-state index >= 15 is 0 Å². The van der Waals surface area contributed by atoms with Gasteiger partial charge in [0.25, 0.3) is 20.0 Å². The van der Waals surface area contributed by atoms with Gasteiger partial charge in [-0.2, -0.15) is 0 Å². The van der Waals surface area contributed by atoms with Crippen molar-refractivity contribution >= 4 is 53.9 Å². The van der Waals surface area contributed by atoms with E-state index in [2.05, 4.69) is 9.97 Å². The van der Waals surface area contributed by atoms with Crippen LogP contribution in [-0.4, -0.2) is 34.7 Å². The molecular weight excluding hydrogens is 565 g/mol. The van der Waals surface area contributed by atoms with Crippen molar-refractivity contribution in [1.29, 1.82) is 0 Å². The minimum atomic E-state index is -4.00. The fraction of sp³-hybridized carbons (Fsp3) is 0.103. The van der Waals surface area contributed by atoms with Gasteiger partial charge in [0.2, 0.25) is 0 Å². The Labute approximate surface area is 236 Å². The summed E-state index contributed by atoms with van der Waals surface area (Å²) >= 11 is 1.12. The zero-order chi connectivity index (χ0) is 28.1. The summed E-state index contributed by atoms with van der Waals surface area (Å²) in [5.74, 6) is 0.324. The molecule has 2 aromatic heterocycles. The molecule has 0 radical (unpaired) electrons. The number of hydrogen-bond donors (Lipinski definition) is 0. The van der Waals surface area contributed by atoms with Crippen LogP contribution < -0.4 is 0 Å². The zero-order valence-electron chi connectivity index (χ0n) is 21.6. The van der Waals surface area contributed by atoms with E-state index in [0.29, 0.717) is 22.1 Å². The van der Waals surface area contributed by atoms with E-state index in [4.69, 9.17) is 0 Å². The summed E-state index contributed by atoms with van der Waals surface area (Å²) in [7, 11) is -7.99. The Hall–Kier alpha value is -3.93. The molecule has 202 valence electrons. The Morgan fingerprint density at radius 1 is 0.600 bits per heavy atom. The molecular formula is C29H24N4O4S3. The smallest absolute Gasteiger partial charge is 0.231 e. The van der Waals surface area contributed by atoms with Gasteiger partial charge in [-0.3, -0.25) is 0 Å². The lowest BCUT2D eigenvalue weighted by molar-refractivity contribution is 0.583. The fourth-order valence-electron chi connectivity index (χ4n) is 4.48. The average Bonchev–Trinajstić information content (AvgIpc) is 3.51. The van der Waals surface area contributed by atoms with Crippen molar-refractivity contribution in [3.63, 3.8) is 0 Å². The molecule has 0 saturated carbocycles. The van der Waals surface area contributed by atoms with Gasteiger partial charge in [-0.1, -0.05) is 71.4 Å².